The molecule has 0 aliphatic rings. The molecule has 0 saturated carbocycles. The molecule has 0 aliphatic heterocycles. The lowest BCUT2D eigenvalue weighted by atomic mass is 10.1. The van der Waals surface area contributed by atoms with E-state index in [0.29, 0.717) is 11.8 Å². The fourth-order valence-corrected chi connectivity index (χ4v) is 3.74. The van der Waals surface area contributed by atoms with Crippen molar-refractivity contribution >= 4 is 21.6 Å². The Morgan fingerprint density at radius 3 is 2.44 bits per heavy atom. The Morgan fingerprint density at radius 2 is 1.94 bits per heavy atom. The molecule has 0 amide bonds. The van der Waals surface area contributed by atoms with E-state index in [1.54, 1.807) is 11.8 Å². The summed E-state index contributed by atoms with van der Waals surface area (Å²) in [4.78, 5) is 0. The van der Waals surface area contributed by atoms with Crippen molar-refractivity contribution in [2.75, 3.05) is 30.1 Å². The van der Waals surface area contributed by atoms with Gasteiger partial charge in [-0.2, -0.15) is 11.8 Å². The third-order valence-electron chi connectivity index (χ3n) is 2.43. The van der Waals surface area contributed by atoms with Crippen LogP contribution in [0.4, 0.5) is 0 Å². The van der Waals surface area contributed by atoms with Crippen LogP contribution < -0.4 is 5.32 Å². The third kappa shape index (κ3) is 10.8. The maximum absolute atomic E-state index is 10.9. The van der Waals surface area contributed by atoms with Crippen LogP contribution in [0.3, 0.4) is 0 Å². The van der Waals surface area contributed by atoms with Gasteiger partial charge in [0.2, 0.25) is 0 Å². The fourth-order valence-electron chi connectivity index (χ4n) is 1.48. The number of hydrogen-bond donors (Lipinski definition) is 1. The molecule has 98 valence electrons. The van der Waals surface area contributed by atoms with Crippen molar-refractivity contribution in [3.63, 3.8) is 0 Å². The second-order valence-corrected chi connectivity index (χ2v) is 7.53. The van der Waals surface area contributed by atoms with Crippen molar-refractivity contribution in [3.05, 3.63) is 0 Å². The predicted molar refractivity (Wildman–Crippen MR) is 74.0 cm³/mol. The lowest BCUT2D eigenvalue weighted by molar-refractivity contribution is 0.477. The van der Waals surface area contributed by atoms with E-state index in [0.717, 1.165) is 18.1 Å². The van der Waals surface area contributed by atoms with E-state index in [1.807, 2.05) is 0 Å². The zero-order valence-electron chi connectivity index (χ0n) is 10.7. The van der Waals surface area contributed by atoms with Gasteiger partial charge in [0.25, 0.3) is 0 Å². The summed E-state index contributed by atoms with van der Waals surface area (Å²) in [6.07, 6.45) is 4.82. The summed E-state index contributed by atoms with van der Waals surface area (Å²) < 4.78 is 21.8. The highest BCUT2D eigenvalue weighted by molar-refractivity contribution is 8.00. The molecule has 0 aliphatic carbocycles. The average Bonchev–Trinajstić information content (AvgIpc) is 2.20. The summed E-state index contributed by atoms with van der Waals surface area (Å²) in [5, 5.41) is 3.44. The summed E-state index contributed by atoms with van der Waals surface area (Å²) in [7, 11) is -2.77. The molecule has 0 aromatic carbocycles. The Bertz CT molecular complexity index is 253. The quantitative estimate of drug-likeness (QED) is 0.614. The highest BCUT2D eigenvalue weighted by Crippen LogP contribution is 2.08. The third-order valence-corrected chi connectivity index (χ3v) is 4.70. The maximum atomic E-state index is 10.9. The molecular formula is C11H25NO2S2. The molecule has 1 N–H and O–H groups in total. The van der Waals surface area contributed by atoms with Crippen molar-refractivity contribution in [3.8, 4) is 0 Å². The van der Waals surface area contributed by atoms with E-state index < -0.39 is 9.84 Å². The molecule has 0 saturated heterocycles. The zero-order valence-corrected chi connectivity index (χ0v) is 12.3. The van der Waals surface area contributed by atoms with Crippen LogP contribution in [0.15, 0.2) is 0 Å². The van der Waals surface area contributed by atoms with Crippen molar-refractivity contribution in [1.82, 2.24) is 5.32 Å². The Labute approximate surface area is 105 Å². The van der Waals surface area contributed by atoms with Gasteiger partial charge < -0.3 is 5.32 Å². The summed E-state index contributed by atoms with van der Waals surface area (Å²) in [5.74, 6) is 2.11. The molecule has 16 heavy (non-hydrogen) atoms. The van der Waals surface area contributed by atoms with Gasteiger partial charge in [0.05, 0.1) is 5.75 Å². The molecule has 0 fully saturated rings. The van der Waals surface area contributed by atoms with Crippen LogP contribution in [-0.4, -0.2) is 44.5 Å². The first-order valence-corrected chi connectivity index (χ1v) is 9.20. The molecule has 0 spiro atoms. The van der Waals surface area contributed by atoms with Gasteiger partial charge in [0.15, 0.2) is 0 Å². The summed E-state index contributed by atoms with van der Waals surface area (Å²) in [6.45, 7) is 5.35. The lowest BCUT2D eigenvalue weighted by Gasteiger charge is -2.14. The normalized spacial score (nSPS) is 13.9. The molecular weight excluding hydrogens is 242 g/mol. The highest BCUT2D eigenvalue weighted by Gasteiger charge is 2.04. The van der Waals surface area contributed by atoms with E-state index >= 15 is 0 Å². The summed E-state index contributed by atoms with van der Waals surface area (Å²) >= 11 is 1.74. The molecule has 3 nitrogen and oxygen atoms in total. The highest BCUT2D eigenvalue weighted by atomic mass is 32.2. The number of rotatable bonds is 10. The van der Waals surface area contributed by atoms with Gasteiger partial charge in [-0.05, 0) is 31.6 Å². The molecule has 0 aromatic rings. The molecule has 0 radical (unpaired) electrons. The predicted octanol–water partition coefficient (Wildman–Crippen LogP) is 1.93. The minimum absolute atomic E-state index is 0.308. The maximum Gasteiger partial charge on any atom is 0.148 e. The topological polar surface area (TPSA) is 46.2 Å². The van der Waals surface area contributed by atoms with Gasteiger partial charge in [-0.15, -0.1) is 0 Å². The largest absolute Gasteiger partial charge is 0.314 e. The monoisotopic (exact) mass is 267 g/mol. The molecule has 1 atom stereocenters. The molecule has 0 aromatic heterocycles. The zero-order chi connectivity index (χ0) is 12.4. The van der Waals surface area contributed by atoms with Crippen LogP contribution >= 0.6 is 11.8 Å². The first kappa shape index (κ1) is 16.3. The molecule has 0 rings (SSSR count). The smallest absolute Gasteiger partial charge is 0.148 e. The van der Waals surface area contributed by atoms with E-state index in [4.69, 9.17) is 0 Å². The van der Waals surface area contributed by atoms with Gasteiger partial charge in [-0.3, -0.25) is 0 Å². The number of thioether (sulfide) groups is 1. The molecule has 5 heteroatoms. The second kappa shape index (κ2) is 9.31. The van der Waals surface area contributed by atoms with Gasteiger partial charge in [0, 0.05) is 18.1 Å². The summed E-state index contributed by atoms with van der Waals surface area (Å²) in [5.41, 5.74) is 0. The SMILES string of the molecule is CCNC(CC)CCCSCCS(C)(=O)=O. The number of sulfone groups is 1. The molecule has 0 heterocycles. The summed E-state index contributed by atoms with van der Waals surface area (Å²) in [6, 6.07) is 0.625. The average molecular weight is 267 g/mol. The Kier molecular flexibility index (Phi) is 9.46. The van der Waals surface area contributed by atoms with Crippen molar-refractivity contribution < 1.29 is 8.42 Å². The molecule has 0 bridgehead atoms. The van der Waals surface area contributed by atoms with Crippen LogP contribution in [-0.2, 0) is 9.84 Å². The van der Waals surface area contributed by atoms with Gasteiger partial charge >= 0.3 is 0 Å². The number of nitrogens with one attached hydrogen (secondary N) is 1. The van der Waals surface area contributed by atoms with E-state index in [9.17, 15) is 8.42 Å². The minimum atomic E-state index is -2.77. The van der Waals surface area contributed by atoms with Crippen LogP contribution in [0, 0.1) is 0 Å². The van der Waals surface area contributed by atoms with Gasteiger partial charge in [-0.25, -0.2) is 8.42 Å². The van der Waals surface area contributed by atoms with Crippen LogP contribution in [0.25, 0.3) is 0 Å². The first-order chi connectivity index (χ1) is 7.49. The Hall–Kier alpha value is 0.260. The van der Waals surface area contributed by atoms with Gasteiger partial charge in [0.1, 0.15) is 9.84 Å². The van der Waals surface area contributed by atoms with Crippen LogP contribution in [0.2, 0.25) is 0 Å². The number of hydrogen-bond acceptors (Lipinski definition) is 4. The Morgan fingerprint density at radius 1 is 1.25 bits per heavy atom. The minimum Gasteiger partial charge on any atom is -0.314 e. The van der Waals surface area contributed by atoms with Crippen molar-refractivity contribution in [1.29, 1.82) is 0 Å². The van der Waals surface area contributed by atoms with E-state index in [-0.39, 0.29) is 0 Å². The van der Waals surface area contributed by atoms with Crippen LogP contribution in [0.5, 0.6) is 0 Å². The first-order valence-electron chi connectivity index (χ1n) is 5.98. The molecule has 1 unspecified atom stereocenters. The van der Waals surface area contributed by atoms with Crippen molar-refractivity contribution in [2.24, 2.45) is 0 Å². The van der Waals surface area contributed by atoms with Crippen LogP contribution in [0.1, 0.15) is 33.1 Å². The van der Waals surface area contributed by atoms with Gasteiger partial charge in [-0.1, -0.05) is 13.8 Å². The second-order valence-electron chi connectivity index (χ2n) is 4.05. The fraction of sp³-hybridized carbons (Fsp3) is 1.00. The standard InChI is InChI=1S/C11H25NO2S2/c1-4-11(12-5-2)7-6-8-15-9-10-16(3,13)14/h11-12H,4-10H2,1-3H3. The van der Waals surface area contributed by atoms with E-state index in [1.165, 1.54) is 25.5 Å². The van der Waals surface area contributed by atoms with E-state index in [2.05, 4.69) is 19.2 Å². The Balaban J connectivity index is 3.38. The lowest BCUT2D eigenvalue weighted by Crippen LogP contribution is -2.28. The van der Waals surface area contributed by atoms with Crippen molar-refractivity contribution in [2.45, 2.75) is 39.2 Å².